The van der Waals surface area contributed by atoms with E-state index in [0.717, 1.165) is 35.5 Å². The van der Waals surface area contributed by atoms with Crippen LogP contribution in [-0.4, -0.2) is 23.3 Å². The molecule has 0 saturated heterocycles. The Kier molecular flexibility index (Phi) is 5.65. The molecular weight excluding hydrogens is 378 g/mol. The number of nitrogens with one attached hydrogen (secondary N) is 2. The molecule has 0 saturated carbocycles. The van der Waals surface area contributed by atoms with Gasteiger partial charge in [0.1, 0.15) is 11.6 Å². The SMILES string of the molecule is CCOc1ccc([C@H]2C(C(=O)Nc3ccccn3)=C(C)NC3=C2C(=O)CCC3)cc1. The second-order valence-corrected chi connectivity index (χ2v) is 7.44. The highest BCUT2D eigenvalue weighted by Gasteiger charge is 2.38. The average molecular weight is 403 g/mol. The number of aromatic nitrogens is 1. The van der Waals surface area contributed by atoms with Gasteiger partial charge in [-0.3, -0.25) is 9.59 Å². The van der Waals surface area contributed by atoms with Crippen molar-refractivity contribution < 1.29 is 14.3 Å². The molecule has 2 heterocycles. The van der Waals surface area contributed by atoms with E-state index in [1.165, 1.54) is 0 Å². The zero-order valence-electron chi connectivity index (χ0n) is 17.2. The Bertz CT molecular complexity index is 1020. The van der Waals surface area contributed by atoms with Gasteiger partial charge in [0.2, 0.25) is 0 Å². The molecule has 1 amide bonds. The molecule has 1 aliphatic carbocycles. The van der Waals surface area contributed by atoms with Gasteiger partial charge in [-0.15, -0.1) is 0 Å². The standard InChI is InChI=1S/C24H25N3O3/c1-3-30-17-12-10-16(11-13-17)22-21(24(29)27-20-9-4-5-14-25-20)15(2)26-18-7-6-8-19(28)23(18)22/h4-5,9-14,22,26H,3,6-8H2,1-2H3,(H,25,27,29)/t22-/m0/s1. The van der Waals surface area contributed by atoms with E-state index in [9.17, 15) is 9.59 Å². The topological polar surface area (TPSA) is 80.3 Å². The summed E-state index contributed by atoms with van der Waals surface area (Å²) in [6.45, 7) is 4.40. The number of rotatable bonds is 5. The Hall–Kier alpha value is -3.41. The summed E-state index contributed by atoms with van der Waals surface area (Å²) < 4.78 is 5.56. The van der Waals surface area contributed by atoms with Gasteiger partial charge in [0.05, 0.1) is 6.61 Å². The van der Waals surface area contributed by atoms with Crippen LogP contribution in [0.5, 0.6) is 5.75 Å². The Morgan fingerprint density at radius 1 is 1.20 bits per heavy atom. The van der Waals surface area contributed by atoms with E-state index < -0.39 is 5.92 Å². The fraction of sp³-hybridized carbons (Fsp3) is 0.292. The molecule has 6 nitrogen and oxygen atoms in total. The number of carbonyl (C=O) groups excluding carboxylic acids is 2. The normalized spacial score (nSPS) is 18.6. The average Bonchev–Trinajstić information content (AvgIpc) is 2.74. The van der Waals surface area contributed by atoms with Gasteiger partial charge in [-0.25, -0.2) is 4.98 Å². The molecule has 2 aliphatic rings. The second-order valence-electron chi connectivity index (χ2n) is 7.44. The highest BCUT2D eigenvalue weighted by Crippen LogP contribution is 2.42. The smallest absolute Gasteiger partial charge is 0.255 e. The number of allylic oxidation sites excluding steroid dienone is 3. The minimum Gasteiger partial charge on any atom is -0.494 e. The van der Waals surface area contributed by atoms with Crippen molar-refractivity contribution in [3.8, 4) is 5.75 Å². The molecule has 0 spiro atoms. The summed E-state index contributed by atoms with van der Waals surface area (Å²) >= 11 is 0. The Morgan fingerprint density at radius 2 is 2.00 bits per heavy atom. The fourth-order valence-electron chi connectivity index (χ4n) is 4.16. The molecular formula is C24H25N3O3. The van der Waals surface area contributed by atoms with Crippen molar-refractivity contribution in [3.05, 3.63) is 76.8 Å². The van der Waals surface area contributed by atoms with Gasteiger partial charge in [0, 0.05) is 41.1 Å². The van der Waals surface area contributed by atoms with Crippen molar-refractivity contribution in [2.45, 2.75) is 39.0 Å². The number of ether oxygens (including phenoxy) is 1. The van der Waals surface area contributed by atoms with Gasteiger partial charge in [0.15, 0.2) is 5.78 Å². The molecule has 154 valence electrons. The van der Waals surface area contributed by atoms with E-state index in [0.29, 0.717) is 30.0 Å². The van der Waals surface area contributed by atoms with E-state index in [1.807, 2.05) is 44.2 Å². The van der Waals surface area contributed by atoms with E-state index in [4.69, 9.17) is 4.74 Å². The molecule has 2 aromatic rings. The molecule has 6 heteroatoms. The lowest BCUT2D eigenvalue weighted by Crippen LogP contribution is -2.35. The van der Waals surface area contributed by atoms with Crippen LogP contribution in [0, 0.1) is 0 Å². The molecule has 1 aromatic heterocycles. The van der Waals surface area contributed by atoms with Crippen LogP contribution in [-0.2, 0) is 9.59 Å². The van der Waals surface area contributed by atoms with Gasteiger partial charge in [0.25, 0.3) is 5.91 Å². The highest BCUT2D eigenvalue weighted by molar-refractivity contribution is 6.09. The molecule has 1 atom stereocenters. The van der Waals surface area contributed by atoms with Crippen LogP contribution in [0.15, 0.2) is 71.2 Å². The second kappa shape index (κ2) is 8.53. The molecule has 4 rings (SSSR count). The number of carbonyl (C=O) groups is 2. The predicted molar refractivity (Wildman–Crippen MR) is 115 cm³/mol. The third-order valence-corrected chi connectivity index (χ3v) is 5.45. The maximum Gasteiger partial charge on any atom is 0.255 e. The number of pyridine rings is 1. The van der Waals surface area contributed by atoms with Gasteiger partial charge in [-0.05, 0) is 56.5 Å². The Balaban J connectivity index is 1.76. The minimum atomic E-state index is -0.423. The first kappa shape index (κ1) is 19.9. The number of hydrogen-bond acceptors (Lipinski definition) is 5. The lowest BCUT2D eigenvalue weighted by molar-refractivity contribution is -0.116. The van der Waals surface area contributed by atoms with Crippen LogP contribution in [0.3, 0.4) is 0 Å². The summed E-state index contributed by atoms with van der Waals surface area (Å²) in [6, 6.07) is 13.0. The van der Waals surface area contributed by atoms with E-state index in [-0.39, 0.29) is 11.7 Å². The number of amides is 1. The Morgan fingerprint density at radius 3 is 2.70 bits per heavy atom. The number of benzene rings is 1. The minimum absolute atomic E-state index is 0.0956. The van der Waals surface area contributed by atoms with Crippen LogP contribution in [0.2, 0.25) is 0 Å². The summed E-state index contributed by atoms with van der Waals surface area (Å²) in [4.78, 5) is 30.4. The first-order valence-electron chi connectivity index (χ1n) is 10.3. The van der Waals surface area contributed by atoms with Crippen LogP contribution >= 0.6 is 0 Å². The van der Waals surface area contributed by atoms with Crippen LogP contribution in [0.4, 0.5) is 5.82 Å². The monoisotopic (exact) mass is 403 g/mol. The zero-order chi connectivity index (χ0) is 21.1. The van der Waals surface area contributed by atoms with E-state index in [1.54, 1.807) is 18.3 Å². The van der Waals surface area contributed by atoms with Crippen LogP contribution in [0.1, 0.15) is 44.6 Å². The predicted octanol–water partition coefficient (Wildman–Crippen LogP) is 4.09. The molecule has 0 bridgehead atoms. The first-order chi connectivity index (χ1) is 14.6. The largest absolute Gasteiger partial charge is 0.494 e. The van der Waals surface area contributed by atoms with Gasteiger partial charge in [-0.2, -0.15) is 0 Å². The third-order valence-electron chi connectivity index (χ3n) is 5.45. The molecule has 0 fully saturated rings. The molecule has 0 radical (unpaired) electrons. The van der Waals surface area contributed by atoms with Crippen LogP contribution < -0.4 is 15.4 Å². The van der Waals surface area contributed by atoms with Gasteiger partial charge >= 0.3 is 0 Å². The first-order valence-corrected chi connectivity index (χ1v) is 10.3. The molecule has 0 unspecified atom stereocenters. The summed E-state index contributed by atoms with van der Waals surface area (Å²) in [5, 5.41) is 6.21. The summed E-state index contributed by atoms with van der Waals surface area (Å²) in [6.07, 6.45) is 3.76. The van der Waals surface area contributed by atoms with Crippen LogP contribution in [0.25, 0.3) is 0 Å². The van der Waals surface area contributed by atoms with Gasteiger partial charge < -0.3 is 15.4 Å². The molecule has 2 N–H and O–H groups in total. The molecule has 1 aliphatic heterocycles. The maximum absolute atomic E-state index is 13.3. The highest BCUT2D eigenvalue weighted by atomic mass is 16.5. The van der Waals surface area contributed by atoms with E-state index in [2.05, 4.69) is 15.6 Å². The summed E-state index contributed by atoms with van der Waals surface area (Å²) in [5.74, 6) is 0.650. The van der Waals surface area contributed by atoms with Gasteiger partial charge in [-0.1, -0.05) is 18.2 Å². The van der Waals surface area contributed by atoms with E-state index >= 15 is 0 Å². The number of anilines is 1. The quantitative estimate of drug-likeness (QED) is 0.786. The van der Waals surface area contributed by atoms with Crippen molar-refractivity contribution >= 4 is 17.5 Å². The lowest BCUT2D eigenvalue weighted by atomic mass is 9.75. The number of Topliss-reactive ketones (excluding diaryl/α,β-unsaturated/α-hetero) is 1. The molecule has 1 aromatic carbocycles. The Labute approximate surface area is 176 Å². The summed E-state index contributed by atoms with van der Waals surface area (Å²) in [5.41, 5.74) is 3.82. The number of dihydropyridines is 1. The van der Waals surface area contributed by atoms with Crippen molar-refractivity contribution in [3.63, 3.8) is 0 Å². The maximum atomic E-state index is 13.3. The molecule has 30 heavy (non-hydrogen) atoms. The number of nitrogens with zero attached hydrogens (tertiary/aromatic N) is 1. The number of hydrogen-bond donors (Lipinski definition) is 2. The zero-order valence-corrected chi connectivity index (χ0v) is 17.2. The lowest BCUT2D eigenvalue weighted by Gasteiger charge is -2.34. The van der Waals surface area contributed by atoms with Crippen molar-refractivity contribution in [2.24, 2.45) is 0 Å². The van der Waals surface area contributed by atoms with Crippen molar-refractivity contribution in [2.75, 3.05) is 11.9 Å². The van der Waals surface area contributed by atoms with Crippen molar-refractivity contribution in [1.82, 2.24) is 10.3 Å². The third kappa shape index (κ3) is 3.85. The fourth-order valence-corrected chi connectivity index (χ4v) is 4.16. The summed E-state index contributed by atoms with van der Waals surface area (Å²) in [7, 11) is 0. The van der Waals surface area contributed by atoms with Crippen molar-refractivity contribution in [1.29, 1.82) is 0 Å². The number of ketones is 1.